The van der Waals surface area contributed by atoms with E-state index in [0.717, 1.165) is 17.9 Å². The van der Waals surface area contributed by atoms with Crippen molar-refractivity contribution in [2.75, 3.05) is 6.54 Å². The molecule has 1 aromatic heterocycles. The highest BCUT2D eigenvalue weighted by molar-refractivity contribution is 6.30. The van der Waals surface area contributed by atoms with Gasteiger partial charge in [-0.1, -0.05) is 41.9 Å². The number of H-pyrrole nitrogens is 1. The van der Waals surface area contributed by atoms with Gasteiger partial charge in [-0.15, -0.1) is 0 Å². The molecule has 3 aromatic rings. The van der Waals surface area contributed by atoms with Gasteiger partial charge in [0.2, 0.25) is 0 Å². The molecule has 0 atom stereocenters. The summed E-state index contributed by atoms with van der Waals surface area (Å²) in [6.45, 7) is 0.662. The van der Waals surface area contributed by atoms with Crippen LogP contribution in [0.5, 0.6) is 0 Å². The van der Waals surface area contributed by atoms with Gasteiger partial charge in [0.15, 0.2) is 0 Å². The average molecular weight is 285 g/mol. The monoisotopic (exact) mass is 284 g/mol. The number of halogens is 1. The molecule has 20 heavy (non-hydrogen) atoms. The maximum Gasteiger partial charge on any atom is 0.0459 e. The molecule has 0 saturated heterocycles. The number of aromatic amines is 1. The Morgan fingerprint density at radius 1 is 1.00 bits per heavy atom. The van der Waals surface area contributed by atoms with Crippen LogP contribution in [-0.2, 0) is 12.8 Å². The Balaban J connectivity index is 2.01. The third-order valence-corrected chi connectivity index (χ3v) is 3.84. The van der Waals surface area contributed by atoms with Crippen LogP contribution in [-0.4, -0.2) is 11.5 Å². The molecular formula is C17H17ClN2. The summed E-state index contributed by atoms with van der Waals surface area (Å²) in [5, 5.41) is 2.05. The predicted molar refractivity (Wildman–Crippen MR) is 85.3 cm³/mol. The molecular weight excluding hydrogens is 268 g/mol. The van der Waals surface area contributed by atoms with Crippen molar-refractivity contribution in [1.82, 2.24) is 4.98 Å². The zero-order valence-corrected chi connectivity index (χ0v) is 12.0. The Labute approximate surface area is 123 Å². The number of para-hydroxylation sites is 1. The normalized spacial score (nSPS) is 11.1. The lowest BCUT2D eigenvalue weighted by atomic mass is 10.0. The first-order valence-electron chi connectivity index (χ1n) is 6.81. The van der Waals surface area contributed by atoms with Gasteiger partial charge in [-0.05, 0) is 42.3 Å². The van der Waals surface area contributed by atoms with Crippen LogP contribution in [0.3, 0.4) is 0 Å². The van der Waals surface area contributed by atoms with E-state index in [4.69, 9.17) is 17.3 Å². The van der Waals surface area contributed by atoms with Gasteiger partial charge in [0, 0.05) is 28.0 Å². The molecule has 0 bridgehead atoms. The topological polar surface area (TPSA) is 41.8 Å². The van der Waals surface area contributed by atoms with Crippen molar-refractivity contribution in [3.05, 3.63) is 70.4 Å². The summed E-state index contributed by atoms with van der Waals surface area (Å²) in [6.07, 6.45) is 1.77. The van der Waals surface area contributed by atoms with E-state index in [9.17, 15) is 0 Å². The lowest BCUT2D eigenvalue weighted by Gasteiger charge is -2.04. The second kappa shape index (κ2) is 5.70. The molecule has 0 spiro atoms. The Hall–Kier alpha value is -1.77. The summed E-state index contributed by atoms with van der Waals surface area (Å²) < 4.78 is 0. The first kappa shape index (κ1) is 13.2. The summed E-state index contributed by atoms with van der Waals surface area (Å²) >= 11 is 5.94. The number of aromatic nitrogens is 1. The standard InChI is InChI=1S/C17H17ClN2/c18-13-7-5-12(6-8-13)11-17-15(9-10-19)14-3-1-2-4-16(14)20-17/h1-8,20H,9-11,19H2. The molecule has 3 heteroatoms. The minimum Gasteiger partial charge on any atom is -0.358 e. The molecule has 2 aromatic carbocycles. The smallest absolute Gasteiger partial charge is 0.0459 e. The van der Waals surface area contributed by atoms with Gasteiger partial charge in [-0.2, -0.15) is 0 Å². The summed E-state index contributed by atoms with van der Waals surface area (Å²) in [5.74, 6) is 0. The second-order valence-electron chi connectivity index (χ2n) is 4.97. The number of nitrogens with two attached hydrogens (primary N) is 1. The number of fused-ring (bicyclic) bond motifs is 1. The van der Waals surface area contributed by atoms with Crippen molar-refractivity contribution < 1.29 is 0 Å². The number of benzene rings is 2. The van der Waals surface area contributed by atoms with Crippen molar-refractivity contribution in [2.24, 2.45) is 5.73 Å². The van der Waals surface area contributed by atoms with Crippen molar-refractivity contribution >= 4 is 22.5 Å². The van der Waals surface area contributed by atoms with Gasteiger partial charge in [0.05, 0.1) is 0 Å². The fraction of sp³-hybridized carbons (Fsp3) is 0.176. The van der Waals surface area contributed by atoms with Crippen LogP contribution in [0.2, 0.25) is 5.02 Å². The van der Waals surface area contributed by atoms with E-state index < -0.39 is 0 Å². The van der Waals surface area contributed by atoms with E-state index >= 15 is 0 Å². The molecule has 1 heterocycles. The summed E-state index contributed by atoms with van der Waals surface area (Å²) in [4.78, 5) is 3.52. The van der Waals surface area contributed by atoms with Crippen LogP contribution in [0.4, 0.5) is 0 Å². The maximum atomic E-state index is 5.94. The van der Waals surface area contributed by atoms with Crippen LogP contribution in [0.25, 0.3) is 10.9 Å². The summed E-state index contributed by atoms with van der Waals surface area (Å²) in [7, 11) is 0. The molecule has 2 nitrogen and oxygen atoms in total. The van der Waals surface area contributed by atoms with Crippen molar-refractivity contribution in [3.8, 4) is 0 Å². The fourth-order valence-electron chi connectivity index (χ4n) is 2.64. The predicted octanol–water partition coefficient (Wildman–Crippen LogP) is 3.91. The Bertz CT molecular complexity index is 713. The number of nitrogens with one attached hydrogen (secondary N) is 1. The first-order valence-corrected chi connectivity index (χ1v) is 7.18. The van der Waals surface area contributed by atoms with E-state index in [2.05, 4.69) is 41.4 Å². The Kier molecular flexibility index (Phi) is 3.77. The molecule has 0 aliphatic heterocycles. The minimum atomic E-state index is 0.662. The molecule has 102 valence electrons. The third-order valence-electron chi connectivity index (χ3n) is 3.59. The molecule has 0 unspecified atom stereocenters. The highest BCUT2D eigenvalue weighted by Gasteiger charge is 2.10. The van der Waals surface area contributed by atoms with Gasteiger partial charge < -0.3 is 10.7 Å². The zero-order chi connectivity index (χ0) is 13.9. The minimum absolute atomic E-state index is 0.662. The number of hydrogen-bond acceptors (Lipinski definition) is 1. The lowest BCUT2D eigenvalue weighted by Crippen LogP contribution is -2.04. The maximum absolute atomic E-state index is 5.94. The van der Waals surface area contributed by atoms with E-state index in [-0.39, 0.29) is 0 Å². The van der Waals surface area contributed by atoms with E-state index in [0.29, 0.717) is 6.54 Å². The molecule has 3 N–H and O–H groups in total. The van der Waals surface area contributed by atoms with E-state index in [1.54, 1.807) is 0 Å². The van der Waals surface area contributed by atoms with Gasteiger partial charge in [0.1, 0.15) is 0 Å². The fourth-order valence-corrected chi connectivity index (χ4v) is 2.77. The molecule has 0 aliphatic rings. The Morgan fingerprint density at radius 3 is 2.50 bits per heavy atom. The molecule has 0 saturated carbocycles. The average Bonchev–Trinajstić information content (AvgIpc) is 2.80. The van der Waals surface area contributed by atoms with E-state index in [1.165, 1.54) is 27.7 Å². The first-order chi connectivity index (χ1) is 9.78. The van der Waals surface area contributed by atoms with Crippen molar-refractivity contribution in [2.45, 2.75) is 12.8 Å². The van der Waals surface area contributed by atoms with Crippen LogP contribution in [0.1, 0.15) is 16.8 Å². The van der Waals surface area contributed by atoms with Gasteiger partial charge in [0.25, 0.3) is 0 Å². The third kappa shape index (κ3) is 2.58. The van der Waals surface area contributed by atoms with E-state index in [1.807, 2.05) is 12.1 Å². The highest BCUT2D eigenvalue weighted by atomic mass is 35.5. The molecule has 0 fully saturated rings. The van der Waals surface area contributed by atoms with Crippen LogP contribution >= 0.6 is 11.6 Å². The van der Waals surface area contributed by atoms with Crippen molar-refractivity contribution in [3.63, 3.8) is 0 Å². The SMILES string of the molecule is NCCc1c(Cc2ccc(Cl)cc2)[nH]c2ccccc12. The largest absolute Gasteiger partial charge is 0.358 e. The summed E-state index contributed by atoms with van der Waals surface area (Å²) in [5.41, 5.74) is 10.8. The molecule has 0 radical (unpaired) electrons. The molecule has 3 rings (SSSR count). The highest BCUT2D eigenvalue weighted by Crippen LogP contribution is 2.25. The lowest BCUT2D eigenvalue weighted by molar-refractivity contribution is 0.946. The van der Waals surface area contributed by atoms with Crippen LogP contribution in [0.15, 0.2) is 48.5 Å². The van der Waals surface area contributed by atoms with Crippen molar-refractivity contribution in [1.29, 1.82) is 0 Å². The molecule has 0 amide bonds. The van der Waals surface area contributed by atoms with Crippen LogP contribution < -0.4 is 5.73 Å². The number of hydrogen-bond donors (Lipinski definition) is 2. The zero-order valence-electron chi connectivity index (χ0n) is 11.2. The second-order valence-corrected chi connectivity index (χ2v) is 5.41. The Morgan fingerprint density at radius 2 is 1.75 bits per heavy atom. The summed E-state index contributed by atoms with van der Waals surface area (Å²) in [6, 6.07) is 16.4. The number of rotatable bonds is 4. The quantitative estimate of drug-likeness (QED) is 0.749. The van der Waals surface area contributed by atoms with Gasteiger partial charge in [-0.3, -0.25) is 0 Å². The molecule has 0 aliphatic carbocycles. The van der Waals surface area contributed by atoms with Crippen LogP contribution in [0, 0.1) is 0 Å². The van der Waals surface area contributed by atoms with Gasteiger partial charge >= 0.3 is 0 Å². The van der Waals surface area contributed by atoms with Gasteiger partial charge in [-0.25, -0.2) is 0 Å².